The maximum Gasteiger partial charge on any atom is 0.472 e. The van der Waals surface area contributed by atoms with Gasteiger partial charge >= 0.3 is 39.5 Å². The van der Waals surface area contributed by atoms with Crippen LogP contribution in [0.5, 0.6) is 0 Å². The smallest absolute Gasteiger partial charge is 0.462 e. The Bertz CT molecular complexity index is 1700. The average Bonchev–Trinajstić information content (AvgIpc) is 3.48. The van der Waals surface area contributed by atoms with Crippen molar-refractivity contribution in [2.75, 3.05) is 39.6 Å². The van der Waals surface area contributed by atoms with Crippen molar-refractivity contribution in [3.63, 3.8) is 0 Å². The van der Waals surface area contributed by atoms with E-state index in [0.29, 0.717) is 25.7 Å². The number of carbonyl (C=O) groups is 4. The first kappa shape index (κ1) is 85.1. The van der Waals surface area contributed by atoms with Gasteiger partial charge in [-0.3, -0.25) is 37.3 Å². The van der Waals surface area contributed by atoms with E-state index in [4.69, 9.17) is 37.0 Å². The van der Waals surface area contributed by atoms with Crippen LogP contribution in [0.2, 0.25) is 0 Å². The van der Waals surface area contributed by atoms with E-state index in [-0.39, 0.29) is 25.7 Å². The molecule has 0 aromatic heterocycles. The summed E-state index contributed by atoms with van der Waals surface area (Å²) in [6, 6.07) is 0. The zero-order chi connectivity index (χ0) is 64.3. The van der Waals surface area contributed by atoms with Crippen LogP contribution in [0.15, 0.2) is 0 Å². The lowest BCUT2D eigenvalue weighted by Crippen LogP contribution is -2.30. The van der Waals surface area contributed by atoms with E-state index in [2.05, 4.69) is 41.5 Å². The van der Waals surface area contributed by atoms with Crippen molar-refractivity contribution in [2.24, 2.45) is 11.8 Å². The minimum Gasteiger partial charge on any atom is -0.462 e. The quantitative estimate of drug-likeness (QED) is 0.0222. The Balaban J connectivity index is 5.19. The Labute approximate surface area is 530 Å². The fourth-order valence-corrected chi connectivity index (χ4v) is 11.8. The third-order valence-electron chi connectivity index (χ3n) is 15.7. The van der Waals surface area contributed by atoms with Crippen LogP contribution in [-0.4, -0.2) is 96.7 Å². The number of ether oxygens (including phenoxy) is 4. The van der Waals surface area contributed by atoms with E-state index >= 15 is 0 Å². The van der Waals surface area contributed by atoms with Crippen LogP contribution < -0.4 is 0 Å². The van der Waals surface area contributed by atoms with E-state index in [1.807, 2.05) is 0 Å². The number of esters is 4. The Morgan fingerprint density at radius 1 is 0.310 bits per heavy atom. The van der Waals surface area contributed by atoms with Crippen molar-refractivity contribution in [1.82, 2.24) is 0 Å². The van der Waals surface area contributed by atoms with Crippen LogP contribution in [0.4, 0.5) is 0 Å². The van der Waals surface area contributed by atoms with Crippen LogP contribution in [0.25, 0.3) is 0 Å². The van der Waals surface area contributed by atoms with Gasteiger partial charge in [-0.2, -0.15) is 0 Å². The molecule has 2 unspecified atom stereocenters. The summed E-state index contributed by atoms with van der Waals surface area (Å²) in [5, 5.41) is 10.5. The number of phosphoric acid groups is 2. The van der Waals surface area contributed by atoms with E-state index in [1.54, 1.807) is 0 Å². The van der Waals surface area contributed by atoms with E-state index < -0.39 is 97.5 Å². The molecule has 0 aromatic carbocycles. The highest BCUT2D eigenvalue weighted by molar-refractivity contribution is 7.47. The number of carbonyl (C=O) groups excluding carboxylic acids is 4. The summed E-state index contributed by atoms with van der Waals surface area (Å²) in [6.45, 7) is 9.51. The third-order valence-corrected chi connectivity index (χ3v) is 17.6. The van der Waals surface area contributed by atoms with E-state index in [0.717, 1.165) is 115 Å². The second kappa shape index (κ2) is 60.3. The molecule has 0 saturated heterocycles. The molecular weight excluding hydrogens is 1150 g/mol. The molecule has 0 heterocycles. The van der Waals surface area contributed by atoms with Gasteiger partial charge in [0.2, 0.25) is 0 Å². The summed E-state index contributed by atoms with van der Waals surface area (Å²) < 4.78 is 68.1. The first-order valence-electron chi connectivity index (χ1n) is 35.5. The van der Waals surface area contributed by atoms with Gasteiger partial charge in [0.05, 0.1) is 26.4 Å². The molecular formula is C68H132O17P2. The van der Waals surface area contributed by atoms with Gasteiger partial charge in [0.15, 0.2) is 12.2 Å². The Morgan fingerprint density at radius 2 is 0.529 bits per heavy atom. The molecule has 0 aliphatic carbocycles. The molecule has 0 bridgehead atoms. The monoisotopic (exact) mass is 1280 g/mol. The minimum atomic E-state index is -4.95. The number of unbranched alkanes of at least 4 members (excludes halogenated alkanes) is 37. The number of aliphatic hydroxyl groups excluding tert-OH is 1. The summed E-state index contributed by atoms with van der Waals surface area (Å²) in [6.07, 6.45) is 44.5. The number of rotatable bonds is 67. The van der Waals surface area contributed by atoms with Gasteiger partial charge in [0.1, 0.15) is 19.3 Å². The summed E-state index contributed by atoms with van der Waals surface area (Å²) >= 11 is 0. The number of hydrogen-bond donors (Lipinski definition) is 3. The molecule has 5 atom stereocenters. The summed E-state index contributed by atoms with van der Waals surface area (Å²) in [7, 11) is -9.89. The van der Waals surface area contributed by atoms with Gasteiger partial charge in [-0.1, -0.05) is 292 Å². The predicted octanol–water partition coefficient (Wildman–Crippen LogP) is 19.2. The van der Waals surface area contributed by atoms with E-state index in [9.17, 15) is 43.2 Å². The highest BCUT2D eigenvalue weighted by Crippen LogP contribution is 2.45. The standard InChI is InChI=1S/C68H132O17P2/c1-7-9-11-13-15-32-38-44-50-65(70)78-56-63(84-67(72)52-46-40-33-16-14-12-10-8-2)58-82-86(74,75)80-54-62(69)55-81-87(76,77)83-59-64(57-79-66(71)51-45-39-34-28-24-21-20-23-27-31-37-43-49-61(5)6)85-68(73)53-47-41-35-29-25-19-17-18-22-26-30-36-42-48-60(3)4/h60-64,69H,7-59H2,1-6H3,(H,74,75)(H,76,77)/t62-,63+,64+/m0/s1. The highest BCUT2D eigenvalue weighted by atomic mass is 31.2. The first-order valence-corrected chi connectivity index (χ1v) is 38.5. The SMILES string of the molecule is CCCCCCCCCCC(=O)OC[C@H](COP(=O)(O)OC[C@H](O)COP(=O)(O)OC[C@@H](COC(=O)CCCCCCCCCCCCCCC(C)C)OC(=O)CCCCCCCCCCCCCCCC(C)C)OC(=O)CCCCCCCCCC. The zero-order valence-electron chi connectivity index (χ0n) is 56.3. The van der Waals surface area contributed by atoms with Crippen molar-refractivity contribution in [3.8, 4) is 0 Å². The fourth-order valence-electron chi connectivity index (χ4n) is 10.2. The number of phosphoric ester groups is 2. The fraction of sp³-hybridized carbons (Fsp3) is 0.941. The first-order chi connectivity index (χ1) is 41.9. The second-order valence-electron chi connectivity index (χ2n) is 25.5. The Hall–Kier alpha value is -1.94. The number of hydrogen-bond acceptors (Lipinski definition) is 15. The Kier molecular flexibility index (Phi) is 59.0. The Morgan fingerprint density at radius 3 is 0.782 bits per heavy atom. The molecule has 0 aliphatic heterocycles. The highest BCUT2D eigenvalue weighted by Gasteiger charge is 2.30. The van der Waals surface area contributed by atoms with Gasteiger partial charge in [0.25, 0.3) is 0 Å². The lowest BCUT2D eigenvalue weighted by Gasteiger charge is -2.21. The molecule has 0 aromatic rings. The molecule has 17 nitrogen and oxygen atoms in total. The van der Waals surface area contributed by atoms with Crippen LogP contribution in [-0.2, 0) is 65.4 Å². The molecule has 0 spiro atoms. The molecule has 3 N–H and O–H groups in total. The van der Waals surface area contributed by atoms with Crippen molar-refractivity contribution in [2.45, 2.75) is 362 Å². The van der Waals surface area contributed by atoms with Crippen molar-refractivity contribution in [3.05, 3.63) is 0 Å². The molecule has 0 rings (SSSR count). The lowest BCUT2D eigenvalue weighted by atomic mass is 10.0. The van der Waals surface area contributed by atoms with Gasteiger partial charge in [-0.15, -0.1) is 0 Å². The third kappa shape index (κ3) is 62.6. The zero-order valence-corrected chi connectivity index (χ0v) is 58.1. The average molecular weight is 1280 g/mol. The molecule has 87 heavy (non-hydrogen) atoms. The normalized spacial score (nSPS) is 14.2. The summed E-state index contributed by atoms with van der Waals surface area (Å²) in [4.78, 5) is 72.3. The largest absolute Gasteiger partial charge is 0.472 e. The van der Waals surface area contributed by atoms with Gasteiger partial charge in [-0.05, 0) is 37.5 Å². The van der Waals surface area contributed by atoms with Gasteiger partial charge in [0, 0.05) is 25.7 Å². The maximum absolute atomic E-state index is 13.0. The van der Waals surface area contributed by atoms with Gasteiger partial charge in [-0.25, -0.2) is 9.13 Å². The predicted molar refractivity (Wildman–Crippen MR) is 349 cm³/mol. The van der Waals surface area contributed by atoms with E-state index in [1.165, 1.54) is 148 Å². The molecule has 0 amide bonds. The van der Waals surface area contributed by atoms with Crippen molar-refractivity contribution >= 4 is 39.5 Å². The molecule has 0 saturated carbocycles. The summed E-state index contributed by atoms with van der Waals surface area (Å²) in [5.41, 5.74) is 0. The number of aliphatic hydroxyl groups is 1. The minimum absolute atomic E-state index is 0.105. The summed E-state index contributed by atoms with van der Waals surface area (Å²) in [5.74, 6) is -0.563. The topological polar surface area (TPSA) is 237 Å². The van der Waals surface area contributed by atoms with Crippen LogP contribution in [0, 0.1) is 11.8 Å². The van der Waals surface area contributed by atoms with Gasteiger partial charge < -0.3 is 33.8 Å². The molecule has 0 aliphatic rings. The molecule has 0 radical (unpaired) electrons. The van der Waals surface area contributed by atoms with Crippen LogP contribution in [0.1, 0.15) is 343 Å². The van der Waals surface area contributed by atoms with Crippen LogP contribution in [0.3, 0.4) is 0 Å². The second-order valence-corrected chi connectivity index (χ2v) is 28.4. The molecule has 19 heteroatoms. The van der Waals surface area contributed by atoms with Crippen molar-refractivity contribution < 1.29 is 80.2 Å². The molecule has 516 valence electrons. The molecule has 0 fully saturated rings. The maximum atomic E-state index is 13.0. The van der Waals surface area contributed by atoms with Crippen molar-refractivity contribution in [1.29, 1.82) is 0 Å². The lowest BCUT2D eigenvalue weighted by molar-refractivity contribution is -0.161. The van der Waals surface area contributed by atoms with Crippen LogP contribution >= 0.6 is 15.6 Å².